The second-order valence-electron chi connectivity index (χ2n) is 5.44. The molecule has 0 aromatic rings. The Labute approximate surface area is 160 Å². The van der Waals surface area contributed by atoms with Crippen molar-refractivity contribution in [2.75, 3.05) is 32.7 Å². The summed E-state index contributed by atoms with van der Waals surface area (Å²) in [6, 6.07) is -1.02. The van der Waals surface area contributed by atoms with Crippen molar-refractivity contribution in [3.05, 3.63) is 0 Å². The van der Waals surface area contributed by atoms with Gasteiger partial charge in [-0.3, -0.25) is 29.0 Å². The summed E-state index contributed by atoms with van der Waals surface area (Å²) in [5, 5.41) is 17.5. The molecule has 4 amide bonds. The van der Waals surface area contributed by atoms with Gasteiger partial charge in [-0.25, -0.2) is 0 Å². The smallest absolute Gasteiger partial charge is 0.322 e. The molecule has 0 saturated heterocycles. The van der Waals surface area contributed by atoms with Gasteiger partial charge in [-0.05, 0) is 12.8 Å². The van der Waals surface area contributed by atoms with Crippen LogP contribution >= 0.6 is 0 Å². The third-order valence-electron chi connectivity index (χ3n) is 3.09. The van der Waals surface area contributed by atoms with Crippen molar-refractivity contribution in [1.82, 2.24) is 21.3 Å². The van der Waals surface area contributed by atoms with Crippen molar-refractivity contribution >= 4 is 35.6 Å². The van der Waals surface area contributed by atoms with Crippen LogP contribution in [0.15, 0.2) is 4.99 Å². The van der Waals surface area contributed by atoms with Crippen molar-refractivity contribution in [3.63, 3.8) is 0 Å². The number of guanidine groups is 1. The topological polar surface area (TPSA) is 244 Å². The van der Waals surface area contributed by atoms with E-state index in [2.05, 4.69) is 26.3 Å². The van der Waals surface area contributed by atoms with E-state index >= 15 is 0 Å². The maximum Gasteiger partial charge on any atom is 0.322 e. The van der Waals surface area contributed by atoms with Crippen molar-refractivity contribution in [3.8, 4) is 0 Å². The van der Waals surface area contributed by atoms with Crippen molar-refractivity contribution in [1.29, 1.82) is 0 Å². The minimum Gasteiger partial charge on any atom is -0.480 e. The molecule has 0 saturated carbocycles. The Kier molecular flexibility index (Phi) is 12.1. The monoisotopic (exact) mass is 402 g/mol. The molecule has 11 N–H and O–H groups in total. The molecule has 0 aliphatic carbocycles. The fourth-order valence-corrected chi connectivity index (χ4v) is 1.80. The number of carbonyl (C=O) groups excluding carboxylic acids is 4. The van der Waals surface area contributed by atoms with Crippen molar-refractivity contribution < 1.29 is 29.1 Å². The highest BCUT2D eigenvalue weighted by Gasteiger charge is 2.21. The average Bonchev–Trinajstić information content (AvgIpc) is 2.64. The zero-order valence-corrected chi connectivity index (χ0v) is 15.2. The van der Waals surface area contributed by atoms with E-state index in [9.17, 15) is 24.0 Å². The first-order valence-corrected chi connectivity index (χ1v) is 8.23. The normalized spacial score (nSPS) is 10.9. The second kappa shape index (κ2) is 13.7. The number of hydrogen-bond donors (Lipinski definition) is 8. The lowest BCUT2D eigenvalue weighted by Gasteiger charge is -2.18. The molecular formula is C14H26N8O6. The molecular weight excluding hydrogens is 376 g/mol. The Morgan fingerprint density at radius 3 is 2.07 bits per heavy atom. The Hall–Kier alpha value is -3.42. The van der Waals surface area contributed by atoms with Crippen LogP contribution in [0.3, 0.4) is 0 Å². The molecule has 0 spiro atoms. The summed E-state index contributed by atoms with van der Waals surface area (Å²) >= 11 is 0. The van der Waals surface area contributed by atoms with Gasteiger partial charge in [0.2, 0.25) is 23.6 Å². The molecule has 0 rings (SSSR count). The van der Waals surface area contributed by atoms with Crippen LogP contribution in [0.1, 0.15) is 12.8 Å². The van der Waals surface area contributed by atoms with E-state index in [0.29, 0.717) is 6.42 Å². The lowest BCUT2D eigenvalue weighted by molar-refractivity contribution is -0.138. The minimum absolute atomic E-state index is 0.121. The maximum absolute atomic E-state index is 12.2. The summed E-state index contributed by atoms with van der Waals surface area (Å²) in [5.41, 5.74) is 15.5. The highest BCUT2D eigenvalue weighted by molar-refractivity contribution is 5.92. The van der Waals surface area contributed by atoms with E-state index in [1.165, 1.54) is 0 Å². The van der Waals surface area contributed by atoms with Crippen LogP contribution in [-0.4, -0.2) is 79.4 Å². The van der Waals surface area contributed by atoms with Gasteiger partial charge in [-0.2, -0.15) is 0 Å². The molecule has 0 unspecified atom stereocenters. The predicted octanol–water partition coefficient (Wildman–Crippen LogP) is -5.08. The highest BCUT2D eigenvalue weighted by atomic mass is 16.4. The number of carboxylic acid groups (broad SMARTS) is 1. The zero-order chi connectivity index (χ0) is 21.5. The predicted molar refractivity (Wildman–Crippen MR) is 97.6 cm³/mol. The van der Waals surface area contributed by atoms with E-state index in [-0.39, 0.29) is 32.0 Å². The summed E-state index contributed by atoms with van der Waals surface area (Å²) in [4.78, 5) is 60.8. The number of nitrogens with zero attached hydrogens (tertiary/aromatic N) is 1. The van der Waals surface area contributed by atoms with Crippen LogP contribution in [-0.2, 0) is 24.0 Å². The number of rotatable bonds is 13. The molecule has 14 nitrogen and oxygen atoms in total. The molecule has 0 heterocycles. The van der Waals surface area contributed by atoms with E-state index in [4.69, 9.17) is 22.3 Å². The number of carbonyl (C=O) groups is 5. The van der Waals surface area contributed by atoms with Crippen LogP contribution in [0.25, 0.3) is 0 Å². The molecule has 0 aromatic heterocycles. The molecule has 0 aromatic carbocycles. The van der Waals surface area contributed by atoms with Crippen LogP contribution in [0.2, 0.25) is 0 Å². The third kappa shape index (κ3) is 12.9. The average molecular weight is 402 g/mol. The summed E-state index contributed by atoms with van der Waals surface area (Å²) < 4.78 is 0. The van der Waals surface area contributed by atoms with Gasteiger partial charge in [0.25, 0.3) is 0 Å². The van der Waals surface area contributed by atoms with Gasteiger partial charge in [0.1, 0.15) is 12.6 Å². The second-order valence-corrected chi connectivity index (χ2v) is 5.44. The van der Waals surface area contributed by atoms with Crippen LogP contribution in [0, 0.1) is 0 Å². The van der Waals surface area contributed by atoms with Crippen LogP contribution in [0.5, 0.6) is 0 Å². The maximum atomic E-state index is 12.2. The first-order chi connectivity index (χ1) is 13.1. The summed E-state index contributed by atoms with van der Waals surface area (Å²) in [5.74, 6) is -3.92. The first-order valence-electron chi connectivity index (χ1n) is 8.23. The standard InChI is InChI=1S/C14H26N8O6/c15-4-9(23)19-6-11(25)22-8(2-1-3-18-14(16)17)13(28)21-5-10(24)20-7-12(26)27/h8H,1-7,15H2,(H,19,23)(H,20,24)(H,21,28)(H,22,25)(H,26,27)(H4,16,17,18)/t8-/m0/s1. The molecule has 0 radical (unpaired) electrons. The SMILES string of the molecule is NCC(=O)NCC(=O)N[C@@H](CCCN=C(N)N)C(=O)NCC(=O)NCC(=O)O. The van der Waals surface area contributed by atoms with Gasteiger partial charge < -0.3 is 43.6 Å². The van der Waals surface area contributed by atoms with Gasteiger partial charge in [0.05, 0.1) is 19.6 Å². The summed E-state index contributed by atoms with van der Waals surface area (Å²) in [6.45, 7) is -1.52. The number of aliphatic imine (C=N–C) groups is 1. The lowest BCUT2D eigenvalue weighted by atomic mass is 10.1. The molecule has 1 atom stereocenters. The summed E-state index contributed by atoms with van der Waals surface area (Å²) in [7, 11) is 0. The highest BCUT2D eigenvalue weighted by Crippen LogP contribution is 1.99. The molecule has 0 aliphatic rings. The number of amides is 4. The number of carboxylic acids is 1. The molecule has 158 valence electrons. The quantitative estimate of drug-likeness (QED) is 0.0832. The first kappa shape index (κ1) is 24.6. The van der Waals surface area contributed by atoms with Gasteiger partial charge in [0.15, 0.2) is 5.96 Å². The van der Waals surface area contributed by atoms with Gasteiger partial charge >= 0.3 is 5.97 Å². The van der Waals surface area contributed by atoms with E-state index in [1.54, 1.807) is 0 Å². The van der Waals surface area contributed by atoms with E-state index in [1.807, 2.05) is 0 Å². The number of hydrogen-bond acceptors (Lipinski definition) is 7. The Morgan fingerprint density at radius 2 is 1.50 bits per heavy atom. The van der Waals surface area contributed by atoms with Gasteiger partial charge in [-0.15, -0.1) is 0 Å². The van der Waals surface area contributed by atoms with Crippen molar-refractivity contribution in [2.24, 2.45) is 22.2 Å². The zero-order valence-electron chi connectivity index (χ0n) is 15.2. The Bertz CT molecular complexity index is 605. The summed E-state index contributed by atoms with van der Waals surface area (Å²) in [6.07, 6.45) is 0.493. The lowest BCUT2D eigenvalue weighted by Crippen LogP contribution is -2.51. The Balaban J connectivity index is 4.67. The van der Waals surface area contributed by atoms with Crippen molar-refractivity contribution in [2.45, 2.75) is 18.9 Å². The van der Waals surface area contributed by atoms with E-state index in [0.717, 1.165) is 0 Å². The van der Waals surface area contributed by atoms with Gasteiger partial charge in [0, 0.05) is 6.54 Å². The molecule has 28 heavy (non-hydrogen) atoms. The molecule has 0 bridgehead atoms. The Morgan fingerprint density at radius 1 is 0.893 bits per heavy atom. The largest absolute Gasteiger partial charge is 0.480 e. The number of aliphatic carboxylic acids is 1. The minimum atomic E-state index is -1.23. The number of nitrogens with two attached hydrogens (primary N) is 3. The van der Waals surface area contributed by atoms with E-state index < -0.39 is 48.7 Å². The van der Waals surface area contributed by atoms with Gasteiger partial charge in [-0.1, -0.05) is 0 Å². The third-order valence-corrected chi connectivity index (χ3v) is 3.09. The number of nitrogens with one attached hydrogen (secondary N) is 4. The molecule has 0 aliphatic heterocycles. The fraction of sp³-hybridized carbons (Fsp3) is 0.571. The van der Waals surface area contributed by atoms with Crippen LogP contribution in [0.4, 0.5) is 0 Å². The molecule has 14 heteroatoms. The van der Waals surface area contributed by atoms with Crippen LogP contribution < -0.4 is 38.5 Å². The molecule has 0 fully saturated rings. The fourth-order valence-electron chi connectivity index (χ4n) is 1.80.